The van der Waals surface area contributed by atoms with Crippen LogP contribution in [0.1, 0.15) is 52.4 Å². The van der Waals surface area contributed by atoms with Gasteiger partial charge in [-0.1, -0.05) is 0 Å². The molecule has 0 radical (unpaired) electrons. The number of aromatic nitrogens is 6. The number of aryl methyl sites for hydroxylation is 1. The molecule has 12 nitrogen and oxygen atoms in total. The van der Waals surface area contributed by atoms with Crippen LogP contribution in [-0.2, 0) is 7.05 Å². The van der Waals surface area contributed by atoms with E-state index in [0.717, 1.165) is 18.5 Å². The predicted octanol–water partition coefficient (Wildman–Crippen LogP) is 1.33. The number of rotatable bonds is 9. The Bertz CT molecular complexity index is 1150. The van der Waals surface area contributed by atoms with Gasteiger partial charge in [0.15, 0.2) is 11.5 Å². The summed E-state index contributed by atoms with van der Waals surface area (Å²) in [5.41, 5.74) is 1.85. The van der Waals surface area contributed by atoms with E-state index in [9.17, 15) is 14.7 Å². The number of hydrogen-bond acceptors (Lipinski definition) is 9. The number of aliphatic hydroxyl groups excluding tert-OH is 1. The van der Waals surface area contributed by atoms with Crippen LogP contribution in [0, 0.1) is 0 Å². The number of anilines is 3. The molecular formula is C21H25N9O3. The Morgan fingerprint density at radius 2 is 1.97 bits per heavy atom. The zero-order valence-corrected chi connectivity index (χ0v) is 18.4. The fourth-order valence-electron chi connectivity index (χ4n) is 3.37. The molecule has 172 valence electrons. The van der Waals surface area contributed by atoms with E-state index in [0.29, 0.717) is 18.2 Å². The Kier molecular flexibility index (Phi) is 6.54. The van der Waals surface area contributed by atoms with E-state index in [2.05, 4.69) is 35.7 Å². The fourth-order valence-corrected chi connectivity index (χ4v) is 3.37. The summed E-state index contributed by atoms with van der Waals surface area (Å²) < 4.78 is 1.39. The van der Waals surface area contributed by atoms with Crippen molar-refractivity contribution in [1.82, 2.24) is 34.6 Å². The van der Waals surface area contributed by atoms with Gasteiger partial charge in [0.25, 0.3) is 11.8 Å². The van der Waals surface area contributed by atoms with Crippen molar-refractivity contribution < 1.29 is 14.7 Å². The van der Waals surface area contributed by atoms with Crippen LogP contribution in [0.5, 0.6) is 0 Å². The lowest BCUT2D eigenvalue weighted by Crippen LogP contribution is -2.35. The summed E-state index contributed by atoms with van der Waals surface area (Å²) in [5, 5.41) is 19.2. The third-order valence-corrected chi connectivity index (χ3v) is 5.25. The van der Waals surface area contributed by atoms with E-state index in [-0.39, 0.29) is 42.0 Å². The van der Waals surface area contributed by atoms with Crippen molar-refractivity contribution in [2.75, 3.05) is 30.3 Å². The van der Waals surface area contributed by atoms with Crippen LogP contribution in [-0.4, -0.2) is 71.2 Å². The van der Waals surface area contributed by atoms with Gasteiger partial charge in [0, 0.05) is 26.1 Å². The molecule has 2 amide bonds. The first-order chi connectivity index (χ1) is 16.0. The Hall–Kier alpha value is -3.93. The third kappa shape index (κ3) is 4.95. The van der Waals surface area contributed by atoms with Crippen molar-refractivity contribution in [2.24, 2.45) is 7.05 Å². The summed E-state index contributed by atoms with van der Waals surface area (Å²) in [6, 6.07) is 0. The van der Waals surface area contributed by atoms with Crippen molar-refractivity contribution in [3.05, 3.63) is 48.2 Å². The van der Waals surface area contributed by atoms with Gasteiger partial charge in [-0.3, -0.25) is 14.3 Å². The molecule has 3 aromatic rings. The minimum Gasteiger partial charge on any atom is -0.395 e. The van der Waals surface area contributed by atoms with Gasteiger partial charge < -0.3 is 20.6 Å². The van der Waals surface area contributed by atoms with Gasteiger partial charge in [0.2, 0.25) is 0 Å². The molecule has 0 bridgehead atoms. The molecule has 3 aromatic heterocycles. The lowest BCUT2D eigenvalue weighted by Gasteiger charge is -2.20. The Balaban J connectivity index is 1.63. The van der Waals surface area contributed by atoms with Crippen molar-refractivity contribution in [3.63, 3.8) is 0 Å². The smallest absolute Gasteiger partial charge is 0.278 e. The predicted molar refractivity (Wildman–Crippen MR) is 119 cm³/mol. The van der Waals surface area contributed by atoms with Crippen LogP contribution in [0.25, 0.3) is 0 Å². The zero-order chi connectivity index (χ0) is 23.4. The standard InChI is InChI=1S/C21H25N9O3/c1-3-30(6-7-31)21(33)18-16(11-25-29(18)2)28-20(32)17-19(26-14-8-22-12-23-9-14)24-10-15(27-17)13-4-5-13/h8-13,31H,3-7H2,1-2H3,(H,24,26)(H,28,32). The first-order valence-corrected chi connectivity index (χ1v) is 10.6. The zero-order valence-electron chi connectivity index (χ0n) is 18.4. The highest BCUT2D eigenvalue weighted by Gasteiger charge is 2.29. The molecule has 1 fully saturated rings. The second-order valence-corrected chi connectivity index (χ2v) is 7.61. The van der Waals surface area contributed by atoms with Crippen LogP contribution >= 0.6 is 0 Å². The minimum absolute atomic E-state index is 0.0909. The summed E-state index contributed by atoms with van der Waals surface area (Å²) in [4.78, 5) is 44.6. The molecule has 0 spiro atoms. The van der Waals surface area contributed by atoms with Crippen molar-refractivity contribution >= 4 is 29.0 Å². The molecule has 1 aliphatic carbocycles. The number of nitrogens with one attached hydrogen (secondary N) is 2. The number of carbonyl (C=O) groups is 2. The molecule has 3 heterocycles. The Morgan fingerprint density at radius 3 is 2.64 bits per heavy atom. The summed E-state index contributed by atoms with van der Waals surface area (Å²) >= 11 is 0. The minimum atomic E-state index is -0.531. The highest BCUT2D eigenvalue weighted by molar-refractivity contribution is 6.09. The van der Waals surface area contributed by atoms with Gasteiger partial charge in [-0.15, -0.1) is 0 Å². The SMILES string of the molecule is CCN(CCO)C(=O)c1c(NC(=O)c2nc(C3CC3)cnc2Nc2cncnc2)cnn1C. The molecule has 0 aliphatic heterocycles. The highest BCUT2D eigenvalue weighted by Crippen LogP contribution is 2.39. The largest absolute Gasteiger partial charge is 0.395 e. The molecule has 0 atom stereocenters. The fraction of sp³-hybridized carbons (Fsp3) is 0.381. The molecule has 33 heavy (non-hydrogen) atoms. The first kappa shape index (κ1) is 22.3. The molecule has 4 rings (SSSR count). The van der Waals surface area contributed by atoms with E-state index in [1.165, 1.54) is 22.1 Å². The molecule has 0 aromatic carbocycles. The Labute approximate surface area is 190 Å². The summed E-state index contributed by atoms with van der Waals surface area (Å²) in [6.45, 7) is 2.23. The number of nitrogens with zero attached hydrogens (tertiary/aromatic N) is 7. The summed E-state index contributed by atoms with van der Waals surface area (Å²) in [6.07, 6.45) is 9.61. The van der Waals surface area contributed by atoms with Crippen LogP contribution < -0.4 is 10.6 Å². The third-order valence-electron chi connectivity index (χ3n) is 5.25. The normalized spacial score (nSPS) is 12.9. The van der Waals surface area contributed by atoms with Crippen LogP contribution in [0.15, 0.2) is 31.1 Å². The van der Waals surface area contributed by atoms with Crippen LogP contribution in [0.4, 0.5) is 17.2 Å². The van der Waals surface area contributed by atoms with Crippen molar-refractivity contribution in [1.29, 1.82) is 0 Å². The molecular weight excluding hydrogens is 426 g/mol. The molecule has 3 N–H and O–H groups in total. The average Bonchev–Trinajstić information content (AvgIpc) is 3.61. The summed E-state index contributed by atoms with van der Waals surface area (Å²) in [5.74, 6) is -0.333. The second-order valence-electron chi connectivity index (χ2n) is 7.61. The van der Waals surface area contributed by atoms with Crippen molar-refractivity contribution in [2.45, 2.75) is 25.7 Å². The molecule has 12 heteroatoms. The average molecular weight is 451 g/mol. The number of likely N-dealkylation sites (N-methyl/N-ethyl adjacent to an activating group) is 1. The molecule has 0 unspecified atom stereocenters. The topological polar surface area (TPSA) is 151 Å². The number of aliphatic hydroxyl groups is 1. The molecule has 1 aliphatic rings. The van der Waals surface area contributed by atoms with Gasteiger partial charge in [-0.25, -0.2) is 19.9 Å². The van der Waals surface area contributed by atoms with Crippen molar-refractivity contribution in [3.8, 4) is 0 Å². The van der Waals surface area contributed by atoms with Gasteiger partial charge >= 0.3 is 0 Å². The lowest BCUT2D eigenvalue weighted by molar-refractivity contribution is 0.0722. The summed E-state index contributed by atoms with van der Waals surface area (Å²) in [7, 11) is 1.62. The van der Waals surface area contributed by atoms with E-state index in [4.69, 9.17) is 0 Å². The van der Waals surface area contributed by atoms with Gasteiger partial charge in [-0.2, -0.15) is 5.10 Å². The first-order valence-electron chi connectivity index (χ1n) is 10.6. The highest BCUT2D eigenvalue weighted by atomic mass is 16.3. The number of carbonyl (C=O) groups excluding carboxylic acids is 2. The quantitative estimate of drug-likeness (QED) is 0.437. The second kappa shape index (κ2) is 9.69. The lowest BCUT2D eigenvalue weighted by atomic mass is 10.2. The van der Waals surface area contributed by atoms with Crippen LogP contribution in [0.2, 0.25) is 0 Å². The maximum atomic E-state index is 13.3. The van der Waals surface area contributed by atoms with Crippen LogP contribution in [0.3, 0.4) is 0 Å². The molecule has 0 saturated heterocycles. The molecule has 1 saturated carbocycles. The van der Waals surface area contributed by atoms with E-state index < -0.39 is 5.91 Å². The van der Waals surface area contributed by atoms with Gasteiger partial charge in [-0.05, 0) is 19.8 Å². The maximum Gasteiger partial charge on any atom is 0.278 e. The van der Waals surface area contributed by atoms with E-state index in [1.54, 1.807) is 25.6 Å². The van der Waals surface area contributed by atoms with Gasteiger partial charge in [0.1, 0.15) is 12.0 Å². The van der Waals surface area contributed by atoms with E-state index in [1.807, 2.05) is 6.92 Å². The maximum absolute atomic E-state index is 13.3. The monoisotopic (exact) mass is 451 g/mol. The number of hydrogen-bond donors (Lipinski definition) is 3. The van der Waals surface area contributed by atoms with E-state index >= 15 is 0 Å². The number of amides is 2. The Morgan fingerprint density at radius 1 is 1.21 bits per heavy atom. The van der Waals surface area contributed by atoms with Gasteiger partial charge in [0.05, 0.1) is 48.5 Å².